The fourth-order valence-electron chi connectivity index (χ4n) is 4.12. The van der Waals surface area contributed by atoms with Crippen LogP contribution >= 0.6 is 0 Å². The van der Waals surface area contributed by atoms with Crippen molar-refractivity contribution >= 4 is 33.0 Å². The van der Waals surface area contributed by atoms with E-state index in [-0.39, 0.29) is 0 Å². The van der Waals surface area contributed by atoms with E-state index in [4.69, 9.17) is 4.74 Å². The van der Waals surface area contributed by atoms with Gasteiger partial charge in [-0.1, -0.05) is 29.8 Å². The van der Waals surface area contributed by atoms with Crippen molar-refractivity contribution in [2.75, 3.05) is 19.7 Å². The minimum atomic E-state index is 0.431. The lowest BCUT2D eigenvalue weighted by atomic mass is 10.1. The zero-order valence-electron chi connectivity index (χ0n) is 17.9. The van der Waals surface area contributed by atoms with E-state index in [0.29, 0.717) is 13.3 Å². The topological polar surface area (TPSA) is 69.8 Å². The third kappa shape index (κ3) is 3.78. The molecule has 5 aromatic rings. The van der Waals surface area contributed by atoms with Gasteiger partial charge >= 0.3 is 0 Å². The van der Waals surface area contributed by atoms with Gasteiger partial charge in [0.1, 0.15) is 18.6 Å². The number of benzene rings is 2. The van der Waals surface area contributed by atoms with Crippen molar-refractivity contribution in [3.63, 3.8) is 0 Å². The minimum absolute atomic E-state index is 0.431. The largest absolute Gasteiger partial charge is 0.359 e. The molecule has 0 saturated heterocycles. The highest BCUT2D eigenvalue weighted by Crippen LogP contribution is 2.29. The molecule has 0 bridgehead atoms. The quantitative estimate of drug-likeness (QED) is 0.391. The van der Waals surface area contributed by atoms with Crippen LogP contribution < -0.4 is 5.32 Å². The van der Waals surface area contributed by atoms with Gasteiger partial charge in [-0.15, -0.1) is 0 Å². The Hall–Kier alpha value is -3.29. The van der Waals surface area contributed by atoms with Crippen LogP contribution in [0.25, 0.3) is 33.0 Å². The lowest BCUT2D eigenvalue weighted by Gasteiger charge is -2.10. The Bertz CT molecular complexity index is 1350. The molecule has 0 amide bonds. The summed E-state index contributed by atoms with van der Waals surface area (Å²) in [6.07, 6.45) is 3.32. The molecule has 0 aliphatic carbocycles. The summed E-state index contributed by atoms with van der Waals surface area (Å²) >= 11 is 0. The number of aromatic nitrogens is 5. The van der Waals surface area contributed by atoms with E-state index >= 15 is 0 Å². The van der Waals surface area contributed by atoms with E-state index in [1.807, 2.05) is 11.5 Å². The molecular formula is C24H26N6O. The fourth-order valence-corrected chi connectivity index (χ4v) is 4.12. The average molecular weight is 415 g/mol. The number of rotatable bonds is 8. The van der Waals surface area contributed by atoms with Gasteiger partial charge in [0.05, 0.1) is 18.6 Å². The maximum Gasteiger partial charge on any atom is 0.165 e. The predicted molar refractivity (Wildman–Crippen MR) is 123 cm³/mol. The third-order valence-electron chi connectivity index (χ3n) is 5.68. The Morgan fingerprint density at radius 2 is 1.81 bits per heavy atom. The molecule has 2 aromatic carbocycles. The van der Waals surface area contributed by atoms with E-state index in [9.17, 15) is 0 Å². The third-order valence-corrected chi connectivity index (χ3v) is 5.68. The van der Waals surface area contributed by atoms with Gasteiger partial charge in [-0.05, 0) is 32.0 Å². The highest BCUT2D eigenvalue weighted by Gasteiger charge is 2.10. The molecule has 0 spiro atoms. The average Bonchev–Trinajstić information content (AvgIpc) is 3.33. The number of nitrogens with one attached hydrogen (secondary N) is 1. The Morgan fingerprint density at radius 1 is 0.935 bits per heavy atom. The smallest absolute Gasteiger partial charge is 0.165 e. The molecule has 7 heteroatoms. The summed E-state index contributed by atoms with van der Waals surface area (Å²) in [5.41, 5.74) is 6.37. The highest BCUT2D eigenvalue weighted by molar-refractivity contribution is 6.08. The summed E-state index contributed by atoms with van der Waals surface area (Å²) in [6.45, 7) is 7.72. The first kappa shape index (κ1) is 19.7. The van der Waals surface area contributed by atoms with Crippen molar-refractivity contribution in [1.29, 1.82) is 0 Å². The van der Waals surface area contributed by atoms with Crippen LogP contribution in [0.15, 0.2) is 55.1 Å². The van der Waals surface area contributed by atoms with E-state index < -0.39 is 0 Å². The molecule has 0 atom stereocenters. The van der Waals surface area contributed by atoms with Crippen LogP contribution in [0.3, 0.4) is 0 Å². The molecule has 0 fully saturated rings. The molecule has 31 heavy (non-hydrogen) atoms. The molecule has 0 saturated carbocycles. The Morgan fingerprint density at radius 3 is 2.74 bits per heavy atom. The molecule has 1 N–H and O–H groups in total. The van der Waals surface area contributed by atoms with Crippen LogP contribution in [0.1, 0.15) is 11.3 Å². The van der Waals surface area contributed by atoms with Crippen LogP contribution in [0.2, 0.25) is 0 Å². The zero-order valence-corrected chi connectivity index (χ0v) is 17.9. The summed E-state index contributed by atoms with van der Waals surface area (Å²) in [7, 11) is 0. The lowest BCUT2D eigenvalue weighted by Crippen LogP contribution is -2.24. The second-order valence-electron chi connectivity index (χ2n) is 7.82. The van der Waals surface area contributed by atoms with Crippen molar-refractivity contribution in [1.82, 2.24) is 29.4 Å². The molecule has 3 aromatic heterocycles. The van der Waals surface area contributed by atoms with E-state index in [0.717, 1.165) is 36.5 Å². The zero-order chi connectivity index (χ0) is 21.2. The number of hydrogen-bond acceptors (Lipinski definition) is 5. The Kier molecular flexibility index (Phi) is 5.36. The van der Waals surface area contributed by atoms with Crippen molar-refractivity contribution in [3.8, 4) is 0 Å². The molecule has 3 heterocycles. The second-order valence-corrected chi connectivity index (χ2v) is 7.82. The van der Waals surface area contributed by atoms with Crippen LogP contribution in [0.5, 0.6) is 0 Å². The molecule has 7 nitrogen and oxygen atoms in total. The van der Waals surface area contributed by atoms with Crippen molar-refractivity contribution < 1.29 is 4.74 Å². The normalized spacial score (nSPS) is 11.8. The number of nitrogens with zero attached hydrogens (tertiary/aromatic N) is 5. The van der Waals surface area contributed by atoms with Gasteiger partial charge < -0.3 is 14.6 Å². The van der Waals surface area contributed by atoms with Gasteiger partial charge in [0, 0.05) is 41.4 Å². The summed E-state index contributed by atoms with van der Waals surface area (Å²) in [5.74, 6) is 0. The van der Waals surface area contributed by atoms with Crippen LogP contribution in [-0.2, 0) is 18.0 Å². The molecule has 158 valence electrons. The SMILES string of the molecule is Cc1ccc2c(c1)c1ccccc1n2CCNCCOCn1cnc2c(C)ncnc21. The van der Waals surface area contributed by atoms with Crippen LogP contribution in [0, 0.1) is 13.8 Å². The molecule has 0 aliphatic heterocycles. The lowest BCUT2D eigenvalue weighted by molar-refractivity contribution is 0.0811. The number of imidazole rings is 1. The second kappa shape index (κ2) is 8.45. The first-order valence-corrected chi connectivity index (χ1v) is 10.6. The summed E-state index contributed by atoms with van der Waals surface area (Å²) in [5, 5.41) is 6.13. The number of fused-ring (bicyclic) bond motifs is 4. The van der Waals surface area contributed by atoms with Gasteiger partial charge in [0.15, 0.2) is 5.65 Å². The maximum absolute atomic E-state index is 5.81. The maximum atomic E-state index is 5.81. The van der Waals surface area contributed by atoms with Crippen LogP contribution in [-0.4, -0.2) is 43.8 Å². The molecular weight excluding hydrogens is 388 g/mol. The molecule has 0 aliphatic rings. The summed E-state index contributed by atoms with van der Waals surface area (Å²) in [6, 6.07) is 15.3. The van der Waals surface area contributed by atoms with Gasteiger partial charge in [-0.25, -0.2) is 15.0 Å². The summed E-state index contributed by atoms with van der Waals surface area (Å²) < 4.78 is 10.1. The highest BCUT2D eigenvalue weighted by atomic mass is 16.5. The standard InChI is InChI=1S/C24H26N6O/c1-17-7-8-22-20(13-17)19-5-3-4-6-21(19)30(22)11-9-25-10-12-31-16-29-15-28-23-18(2)26-14-27-24(23)29/h3-8,13-15,25H,9-12,16H2,1-2H3. The number of aryl methyl sites for hydroxylation is 2. The van der Waals surface area contributed by atoms with Crippen molar-refractivity contribution in [2.45, 2.75) is 27.1 Å². The number of hydrogen-bond donors (Lipinski definition) is 1. The van der Waals surface area contributed by atoms with E-state index in [2.05, 4.69) is 74.2 Å². The predicted octanol–water partition coefficient (Wildman–Crippen LogP) is 3.81. The van der Waals surface area contributed by atoms with Gasteiger partial charge in [0.2, 0.25) is 0 Å². The van der Waals surface area contributed by atoms with Gasteiger partial charge in [0.25, 0.3) is 0 Å². The molecule has 5 rings (SSSR count). The Labute approximate surface area is 180 Å². The van der Waals surface area contributed by atoms with Crippen molar-refractivity contribution in [2.24, 2.45) is 0 Å². The van der Waals surface area contributed by atoms with Gasteiger partial charge in [-0.3, -0.25) is 4.57 Å². The summed E-state index contributed by atoms with van der Waals surface area (Å²) in [4.78, 5) is 12.8. The monoisotopic (exact) mass is 414 g/mol. The van der Waals surface area contributed by atoms with Crippen LogP contribution in [0.4, 0.5) is 0 Å². The molecule has 0 unspecified atom stereocenters. The van der Waals surface area contributed by atoms with E-state index in [1.54, 1.807) is 12.7 Å². The van der Waals surface area contributed by atoms with E-state index in [1.165, 1.54) is 27.4 Å². The van der Waals surface area contributed by atoms with Gasteiger partial charge in [-0.2, -0.15) is 0 Å². The molecule has 0 radical (unpaired) electrons. The fraction of sp³-hybridized carbons (Fsp3) is 0.292. The first-order valence-electron chi connectivity index (χ1n) is 10.6. The first-order chi connectivity index (χ1) is 15.2. The van der Waals surface area contributed by atoms with Crippen molar-refractivity contribution in [3.05, 3.63) is 66.4 Å². The minimum Gasteiger partial charge on any atom is -0.359 e. The Balaban J connectivity index is 1.16. The number of ether oxygens (including phenoxy) is 1. The number of para-hydroxylation sites is 1.